The molecule has 3 aromatic rings. The summed E-state index contributed by atoms with van der Waals surface area (Å²) in [4.78, 5) is 21.5. The minimum atomic E-state index is -3.55. The Labute approximate surface area is 187 Å². The van der Waals surface area contributed by atoms with E-state index in [0.29, 0.717) is 29.5 Å². The summed E-state index contributed by atoms with van der Waals surface area (Å²) in [6.07, 6.45) is -0.114. The van der Waals surface area contributed by atoms with Crippen LogP contribution in [0.2, 0.25) is 0 Å². The first-order valence-electron chi connectivity index (χ1n) is 9.89. The lowest BCUT2D eigenvalue weighted by atomic mass is 10.2. The van der Waals surface area contributed by atoms with Gasteiger partial charge in [-0.15, -0.1) is 0 Å². The van der Waals surface area contributed by atoms with Gasteiger partial charge in [-0.1, -0.05) is 35.1 Å². The molecule has 0 fully saturated rings. The number of anilines is 1. The number of thiazole rings is 1. The summed E-state index contributed by atoms with van der Waals surface area (Å²) >= 11 is 1.39. The van der Waals surface area contributed by atoms with Gasteiger partial charge in [0, 0.05) is 19.5 Å². The number of sulfone groups is 1. The highest BCUT2D eigenvalue weighted by Crippen LogP contribution is 2.34. The van der Waals surface area contributed by atoms with Gasteiger partial charge >= 0.3 is 0 Å². The Bertz CT molecular complexity index is 1160. The highest BCUT2D eigenvalue weighted by Gasteiger charge is 2.24. The van der Waals surface area contributed by atoms with Gasteiger partial charge in [-0.25, -0.2) is 13.4 Å². The molecule has 9 heteroatoms. The van der Waals surface area contributed by atoms with Gasteiger partial charge in [0.25, 0.3) is 0 Å². The molecule has 2 aromatic carbocycles. The van der Waals surface area contributed by atoms with Crippen LogP contribution in [0.4, 0.5) is 5.13 Å². The van der Waals surface area contributed by atoms with Crippen molar-refractivity contribution in [3.05, 3.63) is 48.0 Å². The van der Waals surface area contributed by atoms with E-state index >= 15 is 0 Å². The molecule has 0 aliphatic carbocycles. The number of carbonyl (C=O) groups is 1. The van der Waals surface area contributed by atoms with Crippen LogP contribution in [-0.2, 0) is 14.6 Å². The molecule has 0 unspecified atom stereocenters. The van der Waals surface area contributed by atoms with E-state index in [1.807, 2.05) is 44.1 Å². The number of hydrogen-bond donors (Lipinski definition) is 0. The summed E-state index contributed by atoms with van der Waals surface area (Å²) in [5.41, 5.74) is 1.68. The standard InChI is InChI=1S/C22H27N3O4S2/c1-16-8-10-17(11-9-16)31(27,28)15-12-20(26)25(14-13-24(2)3)22-23-21-18(29-4)6-5-7-19(21)30-22/h5-11H,12-15H2,1-4H3. The summed E-state index contributed by atoms with van der Waals surface area (Å²) in [5, 5.41) is 0.541. The van der Waals surface area contributed by atoms with Crippen LogP contribution in [0.5, 0.6) is 5.75 Å². The van der Waals surface area contributed by atoms with Crippen molar-refractivity contribution in [1.82, 2.24) is 9.88 Å². The number of ether oxygens (including phenoxy) is 1. The van der Waals surface area contributed by atoms with Crippen molar-refractivity contribution in [2.45, 2.75) is 18.2 Å². The Morgan fingerprint density at radius 2 is 1.81 bits per heavy atom. The Balaban J connectivity index is 1.83. The van der Waals surface area contributed by atoms with Crippen molar-refractivity contribution >= 4 is 42.4 Å². The zero-order valence-electron chi connectivity index (χ0n) is 18.2. The van der Waals surface area contributed by atoms with Crippen LogP contribution in [0.1, 0.15) is 12.0 Å². The second-order valence-electron chi connectivity index (χ2n) is 7.53. The average Bonchev–Trinajstić information content (AvgIpc) is 3.16. The van der Waals surface area contributed by atoms with Crippen LogP contribution in [-0.4, -0.2) is 64.3 Å². The molecule has 0 aliphatic rings. The first-order valence-corrected chi connectivity index (χ1v) is 12.4. The van der Waals surface area contributed by atoms with Crippen LogP contribution in [0.25, 0.3) is 10.2 Å². The molecule has 0 aliphatic heterocycles. The second kappa shape index (κ2) is 9.76. The molecule has 1 heterocycles. The number of amides is 1. The first kappa shape index (κ1) is 23.2. The van der Waals surface area contributed by atoms with Gasteiger partial charge < -0.3 is 9.64 Å². The molecule has 1 amide bonds. The summed E-state index contributed by atoms with van der Waals surface area (Å²) in [6.45, 7) is 2.94. The number of rotatable bonds is 9. The van der Waals surface area contributed by atoms with Crippen molar-refractivity contribution < 1.29 is 17.9 Å². The molecule has 0 bridgehead atoms. The molecule has 1 aromatic heterocycles. The van der Waals surface area contributed by atoms with E-state index in [1.54, 1.807) is 36.3 Å². The molecule has 0 saturated carbocycles. The fourth-order valence-electron chi connectivity index (χ4n) is 3.04. The number of nitrogens with zero attached hydrogens (tertiary/aromatic N) is 3. The lowest BCUT2D eigenvalue weighted by Crippen LogP contribution is -2.37. The molecule has 0 atom stereocenters. The number of carbonyl (C=O) groups excluding carboxylic acids is 1. The topological polar surface area (TPSA) is 79.8 Å². The largest absolute Gasteiger partial charge is 0.494 e. The Kier molecular flexibility index (Phi) is 7.30. The maximum Gasteiger partial charge on any atom is 0.229 e. The van der Waals surface area contributed by atoms with Crippen molar-refractivity contribution in [3.8, 4) is 5.75 Å². The third-order valence-corrected chi connectivity index (χ3v) is 7.63. The molecule has 0 spiro atoms. The van der Waals surface area contributed by atoms with E-state index in [1.165, 1.54) is 11.3 Å². The van der Waals surface area contributed by atoms with Gasteiger partial charge in [0.2, 0.25) is 5.91 Å². The average molecular weight is 462 g/mol. The lowest BCUT2D eigenvalue weighted by molar-refractivity contribution is -0.118. The Morgan fingerprint density at radius 1 is 1.10 bits per heavy atom. The van der Waals surface area contributed by atoms with E-state index in [9.17, 15) is 13.2 Å². The fraction of sp³-hybridized carbons (Fsp3) is 0.364. The molecule has 31 heavy (non-hydrogen) atoms. The molecular weight excluding hydrogens is 434 g/mol. The van der Waals surface area contributed by atoms with E-state index in [-0.39, 0.29) is 23.0 Å². The molecule has 0 saturated heterocycles. The van der Waals surface area contributed by atoms with Crippen LogP contribution < -0.4 is 9.64 Å². The summed E-state index contributed by atoms with van der Waals surface area (Å²) in [7, 11) is 1.88. The summed E-state index contributed by atoms with van der Waals surface area (Å²) < 4.78 is 31.7. The lowest BCUT2D eigenvalue weighted by Gasteiger charge is -2.22. The van der Waals surface area contributed by atoms with Crippen LogP contribution in [0.15, 0.2) is 47.4 Å². The van der Waals surface area contributed by atoms with Crippen LogP contribution >= 0.6 is 11.3 Å². The monoisotopic (exact) mass is 461 g/mol. The minimum absolute atomic E-state index is 0.114. The first-order chi connectivity index (χ1) is 14.7. The predicted octanol–water partition coefficient (Wildman–Crippen LogP) is 3.37. The number of methoxy groups -OCH3 is 1. The summed E-state index contributed by atoms with van der Waals surface area (Å²) in [6, 6.07) is 12.3. The molecule has 0 N–H and O–H groups in total. The number of aryl methyl sites for hydroxylation is 1. The molecule has 0 radical (unpaired) electrons. The Morgan fingerprint density at radius 3 is 2.45 bits per heavy atom. The molecule has 166 valence electrons. The number of benzene rings is 2. The number of fused-ring (bicyclic) bond motifs is 1. The van der Waals surface area contributed by atoms with E-state index in [2.05, 4.69) is 4.98 Å². The number of likely N-dealkylation sites (N-methyl/N-ethyl adjacent to an activating group) is 1. The third kappa shape index (κ3) is 5.61. The molecule has 7 nitrogen and oxygen atoms in total. The van der Waals surface area contributed by atoms with Gasteiger partial charge in [-0.2, -0.15) is 0 Å². The smallest absolute Gasteiger partial charge is 0.229 e. The SMILES string of the molecule is COc1cccc2sc(N(CCN(C)C)C(=O)CCS(=O)(=O)c3ccc(C)cc3)nc12. The number of para-hydroxylation sites is 1. The van der Waals surface area contributed by atoms with E-state index in [4.69, 9.17) is 4.74 Å². The molecule has 3 rings (SSSR count). The minimum Gasteiger partial charge on any atom is -0.494 e. The Hall–Kier alpha value is -2.49. The zero-order valence-corrected chi connectivity index (χ0v) is 19.8. The predicted molar refractivity (Wildman–Crippen MR) is 125 cm³/mol. The highest BCUT2D eigenvalue weighted by molar-refractivity contribution is 7.91. The van der Waals surface area contributed by atoms with E-state index in [0.717, 1.165) is 10.3 Å². The van der Waals surface area contributed by atoms with Gasteiger partial charge in [0.05, 0.1) is 22.5 Å². The quantitative estimate of drug-likeness (QED) is 0.486. The van der Waals surface area contributed by atoms with Crippen LogP contribution in [0, 0.1) is 6.92 Å². The third-order valence-electron chi connectivity index (χ3n) is 4.86. The molecular formula is C22H27N3O4S2. The fourth-order valence-corrected chi connectivity index (χ4v) is 5.30. The van der Waals surface area contributed by atoms with Gasteiger partial charge in [0.1, 0.15) is 11.3 Å². The highest BCUT2D eigenvalue weighted by atomic mass is 32.2. The van der Waals surface area contributed by atoms with Crippen molar-refractivity contribution in [2.75, 3.05) is 44.9 Å². The summed E-state index contributed by atoms with van der Waals surface area (Å²) in [5.74, 6) is 0.124. The number of hydrogen-bond acceptors (Lipinski definition) is 7. The van der Waals surface area contributed by atoms with Gasteiger partial charge in [0.15, 0.2) is 15.0 Å². The maximum atomic E-state index is 13.1. The van der Waals surface area contributed by atoms with Crippen molar-refractivity contribution in [3.63, 3.8) is 0 Å². The number of aromatic nitrogens is 1. The van der Waals surface area contributed by atoms with E-state index < -0.39 is 9.84 Å². The zero-order chi connectivity index (χ0) is 22.6. The maximum absolute atomic E-state index is 13.1. The second-order valence-corrected chi connectivity index (χ2v) is 10.7. The van der Waals surface area contributed by atoms with Crippen molar-refractivity contribution in [1.29, 1.82) is 0 Å². The van der Waals surface area contributed by atoms with Gasteiger partial charge in [-0.3, -0.25) is 9.69 Å². The normalized spacial score (nSPS) is 11.8. The van der Waals surface area contributed by atoms with Gasteiger partial charge in [-0.05, 0) is 45.3 Å². The van der Waals surface area contributed by atoms with Crippen LogP contribution in [0.3, 0.4) is 0 Å². The van der Waals surface area contributed by atoms with Crippen molar-refractivity contribution in [2.24, 2.45) is 0 Å².